The first-order valence-electron chi connectivity index (χ1n) is 12.4. The van der Waals surface area contributed by atoms with Crippen molar-refractivity contribution in [3.05, 3.63) is 23.8 Å². The Labute approximate surface area is 179 Å². The molecule has 2 aliphatic heterocycles. The van der Waals surface area contributed by atoms with Crippen molar-refractivity contribution in [1.82, 2.24) is 4.90 Å². The Morgan fingerprint density at radius 3 is 2.21 bits per heavy atom. The average molecular weight is 398 g/mol. The Bertz CT molecular complexity index is 644. The van der Waals surface area contributed by atoms with Crippen molar-refractivity contribution in [1.29, 1.82) is 0 Å². The molecule has 0 unspecified atom stereocenters. The Kier molecular flexibility index (Phi) is 6.73. The van der Waals surface area contributed by atoms with Crippen LogP contribution in [0.1, 0.15) is 83.6 Å². The van der Waals surface area contributed by atoms with Crippen LogP contribution >= 0.6 is 0 Å². The molecular weight excluding hydrogens is 354 g/mol. The highest BCUT2D eigenvalue weighted by Gasteiger charge is 2.30. The molecule has 1 aliphatic carbocycles. The normalized spacial score (nSPS) is 24.1. The molecule has 0 aromatic heterocycles. The summed E-state index contributed by atoms with van der Waals surface area (Å²) in [7, 11) is 0. The minimum absolute atomic E-state index is 0.535. The Morgan fingerprint density at radius 2 is 1.55 bits per heavy atom. The second-order valence-corrected chi connectivity index (χ2v) is 10.6. The monoisotopic (exact) mass is 397 g/mol. The van der Waals surface area contributed by atoms with E-state index in [0.717, 1.165) is 5.92 Å². The predicted molar refractivity (Wildman–Crippen MR) is 126 cm³/mol. The number of piperidine rings is 1. The number of anilines is 2. The summed E-state index contributed by atoms with van der Waals surface area (Å²) in [5.74, 6) is 0.747. The molecule has 29 heavy (non-hydrogen) atoms. The molecule has 4 rings (SSSR count). The van der Waals surface area contributed by atoms with Crippen molar-refractivity contribution in [2.24, 2.45) is 5.41 Å². The number of piperazine rings is 1. The lowest BCUT2D eigenvalue weighted by Crippen LogP contribution is -2.47. The van der Waals surface area contributed by atoms with Gasteiger partial charge in [-0.2, -0.15) is 0 Å². The van der Waals surface area contributed by atoms with E-state index < -0.39 is 0 Å². The second-order valence-electron chi connectivity index (χ2n) is 10.6. The van der Waals surface area contributed by atoms with Gasteiger partial charge in [-0.15, -0.1) is 0 Å². The SMILES string of the molecule is CCCN1CCN(c2ccc(N3CCCCC3)cc2C2CCC(C)(C)CC2)CC1. The summed E-state index contributed by atoms with van der Waals surface area (Å²) in [4.78, 5) is 7.98. The van der Waals surface area contributed by atoms with Gasteiger partial charge in [0.2, 0.25) is 0 Å². The van der Waals surface area contributed by atoms with E-state index >= 15 is 0 Å². The maximum atomic E-state index is 2.70. The maximum absolute atomic E-state index is 2.70. The Balaban J connectivity index is 1.56. The minimum atomic E-state index is 0.535. The quantitative estimate of drug-likeness (QED) is 0.613. The third kappa shape index (κ3) is 5.10. The van der Waals surface area contributed by atoms with E-state index in [1.165, 1.54) is 103 Å². The fraction of sp³-hybridized carbons (Fsp3) is 0.769. The number of rotatable bonds is 5. The molecule has 3 aliphatic rings. The van der Waals surface area contributed by atoms with Gasteiger partial charge >= 0.3 is 0 Å². The zero-order valence-corrected chi connectivity index (χ0v) is 19.3. The Hall–Kier alpha value is -1.22. The van der Waals surface area contributed by atoms with E-state index in [2.05, 4.69) is 53.7 Å². The lowest BCUT2D eigenvalue weighted by atomic mass is 9.71. The molecule has 3 nitrogen and oxygen atoms in total. The van der Waals surface area contributed by atoms with Crippen LogP contribution in [0.5, 0.6) is 0 Å². The van der Waals surface area contributed by atoms with Gasteiger partial charge in [-0.3, -0.25) is 4.90 Å². The highest BCUT2D eigenvalue weighted by molar-refractivity contribution is 5.63. The molecule has 0 N–H and O–H groups in total. The van der Waals surface area contributed by atoms with Gasteiger partial charge in [-0.05, 0) is 93.0 Å². The first kappa shape index (κ1) is 21.0. The lowest BCUT2D eigenvalue weighted by molar-refractivity contribution is 0.224. The summed E-state index contributed by atoms with van der Waals surface area (Å²) < 4.78 is 0. The van der Waals surface area contributed by atoms with Crippen LogP contribution in [-0.2, 0) is 0 Å². The van der Waals surface area contributed by atoms with E-state index in [4.69, 9.17) is 0 Å². The van der Waals surface area contributed by atoms with Crippen LogP contribution in [0.3, 0.4) is 0 Å². The summed E-state index contributed by atoms with van der Waals surface area (Å²) in [6.45, 7) is 15.8. The van der Waals surface area contributed by atoms with Crippen molar-refractivity contribution in [3.8, 4) is 0 Å². The third-order valence-corrected chi connectivity index (χ3v) is 7.76. The van der Waals surface area contributed by atoms with Crippen LogP contribution in [0.2, 0.25) is 0 Å². The van der Waals surface area contributed by atoms with E-state index in [0.29, 0.717) is 5.41 Å². The first-order valence-corrected chi connectivity index (χ1v) is 12.4. The number of benzene rings is 1. The molecule has 0 amide bonds. The third-order valence-electron chi connectivity index (χ3n) is 7.76. The smallest absolute Gasteiger partial charge is 0.0404 e. The lowest BCUT2D eigenvalue weighted by Gasteiger charge is -2.40. The van der Waals surface area contributed by atoms with Crippen molar-refractivity contribution in [2.75, 3.05) is 55.6 Å². The molecular formula is C26H43N3. The van der Waals surface area contributed by atoms with Gasteiger partial charge in [-0.25, -0.2) is 0 Å². The largest absolute Gasteiger partial charge is 0.372 e. The van der Waals surface area contributed by atoms with Gasteiger partial charge < -0.3 is 9.80 Å². The number of nitrogens with zero attached hydrogens (tertiary/aromatic N) is 3. The van der Waals surface area contributed by atoms with Crippen LogP contribution in [0.25, 0.3) is 0 Å². The molecule has 1 aromatic carbocycles. The molecule has 2 heterocycles. The van der Waals surface area contributed by atoms with Crippen LogP contribution in [-0.4, -0.2) is 50.7 Å². The molecule has 1 saturated carbocycles. The van der Waals surface area contributed by atoms with Crippen molar-refractivity contribution in [2.45, 2.75) is 78.1 Å². The molecule has 0 atom stereocenters. The number of hydrogen-bond acceptors (Lipinski definition) is 3. The van der Waals surface area contributed by atoms with Gasteiger partial charge in [0.1, 0.15) is 0 Å². The molecule has 2 saturated heterocycles. The van der Waals surface area contributed by atoms with E-state index in [9.17, 15) is 0 Å². The molecule has 162 valence electrons. The summed E-state index contributed by atoms with van der Waals surface area (Å²) in [5, 5.41) is 0. The van der Waals surface area contributed by atoms with Crippen molar-refractivity contribution >= 4 is 11.4 Å². The van der Waals surface area contributed by atoms with Gasteiger partial charge in [0, 0.05) is 50.6 Å². The zero-order valence-electron chi connectivity index (χ0n) is 19.3. The topological polar surface area (TPSA) is 9.72 Å². The maximum Gasteiger partial charge on any atom is 0.0404 e. The fourth-order valence-corrected chi connectivity index (χ4v) is 5.74. The predicted octanol–water partition coefficient (Wildman–Crippen LogP) is 5.89. The second kappa shape index (κ2) is 9.29. The van der Waals surface area contributed by atoms with Crippen LogP contribution in [0, 0.1) is 5.41 Å². The summed E-state index contributed by atoms with van der Waals surface area (Å²) in [6, 6.07) is 7.51. The standard InChI is InChI=1S/C26H43N3/c1-4-14-27-17-19-29(20-18-27)25-9-8-23(28-15-6-5-7-16-28)21-24(25)22-10-12-26(2,3)13-11-22/h8-9,21-22H,4-7,10-20H2,1-3H3. The van der Waals surface area contributed by atoms with Gasteiger partial charge in [0.15, 0.2) is 0 Å². The van der Waals surface area contributed by atoms with E-state index in [-0.39, 0.29) is 0 Å². The van der Waals surface area contributed by atoms with Crippen LogP contribution in [0.4, 0.5) is 11.4 Å². The average Bonchev–Trinajstić information content (AvgIpc) is 2.75. The Morgan fingerprint density at radius 1 is 0.862 bits per heavy atom. The highest BCUT2D eigenvalue weighted by atomic mass is 15.3. The first-order chi connectivity index (χ1) is 14.1. The summed E-state index contributed by atoms with van der Waals surface area (Å²) >= 11 is 0. The summed E-state index contributed by atoms with van der Waals surface area (Å²) in [6.07, 6.45) is 10.8. The molecule has 3 fully saturated rings. The van der Waals surface area contributed by atoms with Crippen molar-refractivity contribution in [3.63, 3.8) is 0 Å². The molecule has 0 bridgehead atoms. The molecule has 1 aromatic rings. The van der Waals surface area contributed by atoms with Gasteiger partial charge in [0.05, 0.1) is 0 Å². The fourth-order valence-electron chi connectivity index (χ4n) is 5.74. The minimum Gasteiger partial charge on any atom is -0.372 e. The molecule has 3 heteroatoms. The van der Waals surface area contributed by atoms with Gasteiger partial charge in [-0.1, -0.05) is 20.8 Å². The number of hydrogen-bond donors (Lipinski definition) is 0. The highest BCUT2D eigenvalue weighted by Crippen LogP contribution is 2.45. The van der Waals surface area contributed by atoms with E-state index in [1.807, 2.05) is 0 Å². The summed E-state index contributed by atoms with van der Waals surface area (Å²) in [5.41, 5.74) is 5.23. The zero-order chi connectivity index (χ0) is 20.3. The van der Waals surface area contributed by atoms with Crippen LogP contribution in [0.15, 0.2) is 18.2 Å². The van der Waals surface area contributed by atoms with Gasteiger partial charge in [0.25, 0.3) is 0 Å². The molecule has 0 spiro atoms. The van der Waals surface area contributed by atoms with E-state index in [1.54, 1.807) is 11.3 Å². The van der Waals surface area contributed by atoms with Crippen molar-refractivity contribution < 1.29 is 0 Å². The molecule has 0 radical (unpaired) electrons. The van der Waals surface area contributed by atoms with Crippen LogP contribution < -0.4 is 9.80 Å².